The second-order valence-corrected chi connectivity index (χ2v) is 9.19. The number of fused-ring (bicyclic) bond motifs is 3. The van der Waals surface area contributed by atoms with Crippen LogP contribution in [-0.2, 0) is 17.9 Å². The van der Waals surface area contributed by atoms with Crippen LogP contribution in [0.1, 0.15) is 11.1 Å². The normalized spacial score (nSPS) is 11.3. The van der Waals surface area contributed by atoms with Gasteiger partial charge in [0.1, 0.15) is 16.1 Å². The molecule has 0 aliphatic heterocycles. The minimum atomic E-state index is -0.233. The Morgan fingerprint density at radius 1 is 1.13 bits per heavy atom. The first-order valence-corrected chi connectivity index (χ1v) is 11.4. The number of amides is 1. The van der Waals surface area contributed by atoms with Gasteiger partial charge in [0, 0.05) is 11.9 Å². The fourth-order valence-corrected chi connectivity index (χ4v) is 5.11. The molecule has 0 spiro atoms. The summed E-state index contributed by atoms with van der Waals surface area (Å²) in [5.41, 5.74) is 3.46. The number of nitrogens with one attached hydrogen (secondary N) is 1. The fourth-order valence-electron chi connectivity index (χ4n) is 3.34. The summed E-state index contributed by atoms with van der Waals surface area (Å²) in [6.45, 7) is 2.36. The molecule has 0 aliphatic rings. The third-order valence-electron chi connectivity index (χ3n) is 5.01. The monoisotopic (exact) mass is 446 g/mol. The lowest BCUT2D eigenvalue weighted by Gasteiger charge is -2.07. The van der Waals surface area contributed by atoms with E-state index in [0.717, 1.165) is 26.4 Å². The second kappa shape index (κ2) is 8.05. The Labute approximate surface area is 185 Å². The van der Waals surface area contributed by atoms with E-state index in [0.29, 0.717) is 16.8 Å². The van der Waals surface area contributed by atoms with Crippen molar-refractivity contribution in [2.24, 2.45) is 0 Å². The molecule has 0 saturated heterocycles. The summed E-state index contributed by atoms with van der Waals surface area (Å²) in [4.78, 5) is 36.4. The van der Waals surface area contributed by atoms with Gasteiger partial charge in [-0.1, -0.05) is 35.9 Å². The summed E-state index contributed by atoms with van der Waals surface area (Å²) in [6.07, 6.45) is 1.44. The number of hydrogen-bond donors (Lipinski definition) is 1. The first-order valence-electron chi connectivity index (χ1n) is 9.73. The zero-order valence-electron chi connectivity index (χ0n) is 16.7. The fraction of sp³-hybridized carbons (Fsp3) is 0.130. The van der Waals surface area contributed by atoms with E-state index in [9.17, 15) is 9.59 Å². The predicted molar refractivity (Wildman–Crippen MR) is 126 cm³/mol. The molecule has 0 atom stereocenters. The molecule has 31 heavy (non-hydrogen) atoms. The Bertz CT molecular complexity index is 1450. The van der Waals surface area contributed by atoms with Gasteiger partial charge in [0.2, 0.25) is 5.91 Å². The highest BCUT2D eigenvalue weighted by Crippen LogP contribution is 2.32. The smallest absolute Gasteiger partial charge is 0.271 e. The Morgan fingerprint density at radius 2 is 1.97 bits per heavy atom. The Kier molecular flexibility index (Phi) is 5.09. The van der Waals surface area contributed by atoms with Crippen LogP contribution in [0.3, 0.4) is 0 Å². The zero-order chi connectivity index (χ0) is 21.4. The molecule has 4 aromatic heterocycles. The van der Waals surface area contributed by atoms with Crippen molar-refractivity contribution in [3.8, 4) is 10.6 Å². The molecule has 0 radical (unpaired) electrons. The average molecular weight is 447 g/mol. The maximum absolute atomic E-state index is 13.0. The van der Waals surface area contributed by atoms with E-state index < -0.39 is 0 Å². The molecular weight excluding hydrogens is 428 g/mol. The molecule has 5 aromatic rings. The van der Waals surface area contributed by atoms with Crippen molar-refractivity contribution < 1.29 is 4.79 Å². The van der Waals surface area contributed by atoms with Crippen LogP contribution < -0.4 is 10.9 Å². The molecule has 0 bridgehead atoms. The van der Waals surface area contributed by atoms with Gasteiger partial charge >= 0.3 is 0 Å². The van der Waals surface area contributed by atoms with E-state index in [1.54, 1.807) is 11.3 Å². The van der Waals surface area contributed by atoms with Crippen LogP contribution in [0.15, 0.2) is 65.0 Å². The zero-order valence-corrected chi connectivity index (χ0v) is 18.3. The number of aryl methyl sites for hydroxylation is 1. The summed E-state index contributed by atoms with van der Waals surface area (Å²) >= 11 is 2.94. The van der Waals surface area contributed by atoms with E-state index in [1.165, 1.54) is 27.8 Å². The molecule has 0 saturated carbocycles. The summed E-state index contributed by atoms with van der Waals surface area (Å²) in [7, 11) is 0. The highest BCUT2D eigenvalue weighted by Gasteiger charge is 2.15. The number of nitrogens with zero attached hydrogens (tertiary/aromatic N) is 3. The minimum Gasteiger partial charge on any atom is -0.350 e. The summed E-state index contributed by atoms with van der Waals surface area (Å²) < 4.78 is 1.86. The molecule has 0 aliphatic carbocycles. The van der Waals surface area contributed by atoms with Gasteiger partial charge in [0.15, 0.2) is 0 Å². The summed E-state index contributed by atoms with van der Waals surface area (Å²) in [5.74, 6) is -0.233. The molecule has 154 valence electrons. The Hall–Kier alpha value is -3.36. The van der Waals surface area contributed by atoms with Crippen molar-refractivity contribution in [3.63, 3.8) is 0 Å². The van der Waals surface area contributed by atoms with Crippen LogP contribution in [0.5, 0.6) is 0 Å². The van der Waals surface area contributed by atoms with Gasteiger partial charge in [-0.15, -0.1) is 22.7 Å². The molecule has 1 amide bonds. The highest BCUT2D eigenvalue weighted by molar-refractivity contribution is 7.25. The van der Waals surface area contributed by atoms with E-state index in [2.05, 4.69) is 10.3 Å². The molecule has 1 N–H and O–H groups in total. The number of benzene rings is 1. The van der Waals surface area contributed by atoms with Crippen molar-refractivity contribution in [1.82, 2.24) is 19.9 Å². The van der Waals surface area contributed by atoms with Gasteiger partial charge in [-0.2, -0.15) is 0 Å². The molecule has 5 rings (SSSR count). The van der Waals surface area contributed by atoms with Crippen molar-refractivity contribution >= 4 is 49.0 Å². The van der Waals surface area contributed by atoms with Gasteiger partial charge in [0.25, 0.3) is 5.56 Å². The minimum absolute atomic E-state index is 0.0737. The number of pyridine rings is 1. The Balaban J connectivity index is 1.40. The van der Waals surface area contributed by atoms with Gasteiger partial charge in [-0.3, -0.25) is 14.2 Å². The van der Waals surface area contributed by atoms with Crippen molar-refractivity contribution in [3.05, 3.63) is 81.7 Å². The van der Waals surface area contributed by atoms with Crippen LogP contribution in [-0.4, -0.2) is 20.4 Å². The molecule has 0 unspecified atom stereocenters. The number of thiophene rings is 2. The quantitative estimate of drug-likeness (QED) is 0.435. The number of carbonyl (C=O) groups excluding carboxylic acids is 1. The largest absolute Gasteiger partial charge is 0.350 e. The molecule has 0 fully saturated rings. The van der Waals surface area contributed by atoms with Crippen molar-refractivity contribution in [2.75, 3.05) is 0 Å². The summed E-state index contributed by atoms with van der Waals surface area (Å²) in [5, 5.41) is 5.72. The van der Waals surface area contributed by atoms with E-state index >= 15 is 0 Å². The third kappa shape index (κ3) is 3.87. The summed E-state index contributed by atoms with van der Waals surface area (Å²) in [6, 6.07) is 15.9. The van der Waals surface area contributed by atoms with Gasteiger partial charge in [0.05, 0.1) is 22.4 Å². The number of carbonyl (C=O) groups is 1. The van der Waals surface area contributed by atoms with Crippen LogP contribution in [0, 0.1) is 6.92 Å². The standard InChI is InChI=1S/C23H18N4O2S2/c1-14-4-6-15(7-5-14)11-24-19(28)12-27-13-25-20-16-8-9-17(18-3-2-10-30-18)26-22(16)31-21(20)23(27)29/h2-10,13H,11-12H2,1H3,(H,24,28). The number of aromatic nitrogens is 3. The maximum Gasteiger partial charge on any atom is 0.271 e. The maximum atomic E-state index is 13.0. The lowest BCUT2D eigenvalue weighted by molar-refractivity contribution is -0.121. The highest BCUT2D eigenvalue weighted by atomic mass is 32.1. The SMILES string of the molecule is Cc1ccc(CNC(=O)Cn2cnc3c(sc4nc(-c5cccs5)ccc43)c2=O)cc1. The number of rotatable bonds is 5. The molecule has 6 nitrogen and oxygen atoms in total. The molecule has 1 aromatic carbocycles. The lowest BCUT2D eigenvalue weighted by atomic mass is 10.1. The first-order chi connectivity index (χ1) is 15.1. The van der Waals surface area contributed by atoms with Crippen molar-refractivity contribution in [2.45, 2.75) is 20.0 Å². The third-order valence-corrected chi connectivity index (χ3v) is 6.98. The average Bonchev–Trinajstić information content (AvgIpc) is 3.43. The van der Waals surface area contributed by atoms with E-state index in [-0.39, 0.29) is 18.0 Å². The molecule has 4 heterocycles. The van der Waals surface area contributed by atoms with E-state index in [1.807, 2.05) is 60.8 Å². The van der Waals surface area contributed by atoms with Crippen LogP contribution in [0.25, 0.3) is 31.0 Å². The van der Waals surface area contributed by atoms with Crippen molar-refractivity contribution in [1.29, 1.82) is 0 Å². The van der Waals surface area contributed by atoms with E-state index in [4.69, 9.17) is 4.98 Å². The topological polar surface area (TPSA) is 76.9 Å². The van der Waals surface area contributed by atoms with Gasteiger partial charge in [-0.05, 0) is 36.1 Å². The Morgan fingerprint density at radius 3 is 2.74 bits per heavy atom. The van der Waals surface area contributed by atoms with Crippen LogP contribution in [0.4, 0.5) is 0 Å². The molecule has 8 heteroatoms. The van der Waals surface area contributed by atoms with Gasteiger partial charge in [-0.25, -0.2) is 9.97 Å². The second-order valence-electron chi connectivity index (χ2n) is 7.25. The molecular formula is C23H18N4O2S2. The lowest BCUT2D eigenvalue weighted by Crippen LogP contribution is -2.31. The van der Waals surface area contributed by atoms with Crippen LogP contribution >= 0.6 is 22.7 Å². The number of hydrogen-bond acceptors (Lipinski definition) is 6. The first kappa shape index (κ1) is 19.6. The van der Waals surface area contributed by atoms with Gasteiger partial charge < -0.3 is 5.32 Å². The van der Waals surface area contributed by atoms with Crippen LogP contribution in [0.2, 0.25) is 0 Å². The predicted octanol–water partition coefficient (Wildman–Crippen LogP) is 4.36.